The van der Waals surface area contributed by atoms with Crippen LogP contribution in [-0.2, 0) is 31.0 Å². The van der Waals surface area contributed by atoms with Gasteiger partial charge >= 0.3 is 5.97 Å². The van der Waals surface area contributed by atoms with Crippen LogP contribution in [0.15, 0.2) is 22.4 Å². The fourth-order valence-electron chi connectivity index (χ4n) is 10.9. The van der Waals surface area contributed by atoms with E-state index in [1.54, 1.807) is 13.1 Å². The number of esters is 1. The van der Waals surface area contributed by atoms with Crippen molar-refractivity contribution in [3.05, 3.63) is 29.2 Å². The van der Waals surface area contributed by atoms with Crippen LogP contribution in [0, 0.1) is 44.8 Å². The van der Waals surface area contributed by atoms with Crippen molar-refractivity contribution >= 4 is 17.5 Å². The molecule has 0 spiro atoms. The van der Waals surface area contributed by atoms with E-state index in [0.717, 1.165) is 56.9 Å². The third-order valence-corrected chi connectivity index (χ3v) is 13.4. The summed E-state index contributed by atoms with van der Waals surface area (Å²) in [6, 6.07) is 0. The molecule has 6 rings (SSSR count). The fourth-order valence-corrected chi connectivity index (χ4v) is 10.9. The zero-order valence-corrected chi connectivity index (χ0v) is 25.0. The number of carbonyl (C=O) groups excluding carboxylic acids is 3. The number of allylic oxidation sites excluding steroid dienone is 2. The molecule has 0 N–H and O–H groups in total. The van der Waals surface area contributed by atoms with E-state index in [1.165, 1.54) is 12.7 Å². The van der Waals surface area contributed by atoms with Crippen molar-refractivity contribution in [2.45, 2.75) is 105 Å². The van der Waals surface area contributed by atoms with Gasteiger partial charge in [0.25, 0.3) is 0 Å². The topological polar surface area (TPSA) is 86.5 Å². The number of fused-ring (bicyclic) bond motifs is 8. The summed E-state index contributed by atoms with van der Waals surface area (Å²) < 4.78 is 11.2. The maximum Gasteiger partial charge on any atom is 0.312 e. The highest BCUT2D eigenvalue weighted by Crippen LogP contribution is 2.75. The van der Waals surface area contributed by atoms with Gasteiger partial charge in [-0.1, -0.05) is 45.3 Å². The average Bonchev–Trinajstić information content (AvgIpc) is 3.33. The Balaban J connectivity index is 1.52. The highest BCUT2D eigenvalue weighted by Gasteiger charge is 2.72. The Morgan fingerprint density at radius 2 is 1.72 bits per heavy atom. The molecule has 0 saturated heterocycles. The quantitative estimate of drug-likeness (QED) is 0.407. The van der Waals surface area contributed by atoms with Crippen LogP contribution in [-0.4, -0.2) is 29.8 Å². The molecule has 0 amide bonds. The van der Waals surface area contributed by atoms with E-state index in [0.29, 0.717) is 5.76 Å². The first-order chi connectivity index (χ1) is 18.1. The van der Waals surface area contributed by atoms with Crippen LogP contribution in [0.3, 0.4) is 0 Å². The van der Waals surface area contributed by atoms with E-state index in [1.807, 2.05) is 13.0 Å². The molecule has 0 bridgehead atoms. The van der Waals surface area contributed by atoms with Crippen LogP contribution in [0.1, 0.15) is 105 Å². The van der Waals surface area contributed by atoms with Crippen LogP contribution >= 0.6 is 0 Å². The number of methoxy groups -OCH3 is 1. The first-order valence-corrected chi connectivity index (χ1v) is 14.9. The number of ether oxygens (including phenoxy) is 1. The van der Waals surface area contributed by atoms with Gasteiger partial charge in [-0.25, -0.2) is 0 Å². The monoisotopic (exact) mass is 535 g/mol. The van der Waals surface area contributed by atoms with Gasteiger partial charge in [0, 0.05) is 11.5 Å². The summed E-state index contributed by atoms with van der Waals surface area (Å²) in [5.74, 6) is 0.628. The molecular formula is C33H45NO5. The molecule has 0 unspecified atom stereocenters. The highest BCUT2D eigenvalue weighted by molar-refractivity contribution is 5.96. The molecule has 39 heavy (non-hydrogen) atoms. The van der Waals surface area contributed by atoms with Crippen LogP contribution < -0.4 is 0 Å². The largest absolute Gasteiger partial charge is 0.469 e. The molecule has 5 aliphatic carbocycles. The van der Waals surface area contributed by atoms with Crippen LogP contribution in [0.2, 0.25) is 0 Å². The second-order valence-electron chi connectivity index (χ2n) is 15.4. The minimum atomic E-state index is -0.776. The SMILES string of the molecule is COC(=O)[C@]12CCC(C)(C)C[C@H]1[C@H]1C(=O)C=C3[C@@]4(C)Cc5cnoc5[C@](C)(C(C)=O)[C@@H]4CC[C@@]3(C)[C@]1(C)CC2. The molecule has 1 heterocycles. The predicted molar refractivity (Wildman–Crippen MR) is 147 cm³/mol. The van der Waals surface area contributed by atoms with Crippen LogP contribution in [0.25, 0.3) is 0 Å². The molecule has 0 aliphatic heterocycles. The van der Waals surface area contributed by atoms with Crippen molar-refractivity contribution in [2.24, 2.45) is 44.8 Å². The Hall–Kier alpha value is -2.24. The zero-order chi connectivity index (χ0) is 28.4. The lowest BCUT2D eigenvalue weighted by Gasteiger charge is -2.69. The second kappa shape index (κ2) is 7.94. The first kappa shape index (κ1) is 27.0. The average molecular weight is 536 g/mol. The molecule has 1 aromatic rings. The Labute approximate surface area is 232 Å². The van der Waals surface area contributed by atoms with Gasteiger partial charge in [-0.3, -0.25) is 14.4 Å². The number of hydrogen-bond donors (Lipinski definition) is 0. The lowest BCUT2D eigenvalue weighted by atomic mass is 9.33. The van der Waals surface area contributed by atoms with Gasteiger partial charge in [0.15, 0.2) is 11.5 Å². The predicted octanol–water partition coefficient (Wildman–Crippen LogP) is 6.41. The normalized spacial score (nSPS) is 46.0. The summed E-state index contributed by atoms with van der Waals surface area (Å²) in [7, 11) is 1.50. The molecule has 0 radical (unpaired) electrons. The summed E-state index contributed by atoms with van der Waals surface area (Å²) in [6.45, 7) is 15.3. The first-order valence-electron chi connectivity index (χ1n) is 14.9. The van der Waals surface area contributed by atoms with E-state index < -0.39 is 10.8 Å². The summed E-state index contributed by atoms with van der Waals surface area (Å²) in [5, 5.41) is 4.12. The standard InChI is InChI=1S/C33H45NO5/c1-19(35)32(7)23-9-10-30(5)24(29(23,4)16-20-18-34-39-26(20)32)15-22(36)25-21-17-28(2,3)11-13-33(21,27(37)38-8)14-12-31(25,30)6/h15,18,21,23,25H,9-14,16-17H2,1-8H3/t21-,23+,25-,29-,30+,31+,32+,33-/m0/s1. The van der Waals surface area contributed by atoms with Crippen molar-refractivity contribution in [2.75, 3.05) is 7.11 Å². The minimum absolute atomic E-state index is 0.0291. The van der Waals surface area contributed by atoms with Crippen LogP contribution in [0.5, 0.6) is 0 Å². The minimum Gasteiger partial charge on any atom is -0.469 e. The molecule has 1 aromatic heterocycles. The summed E-state index contributed by atoms with van der Waals surface area (Å²) in [4.78, 5) is 41.3. The molecular weight excluding hydrogens is 490 g/mol. The Bertz CT molecular complexity index is 1310. The molecule has 6 heteroatoms. The van der Waals surface area contributed by atoms with Crippen molar-refractivity contribution in [1.29, 1.82) is 0 Å². The maximum atomic E-state index is 14.5. The van der Waals surface area contributed by atoms with Gasteiger partial charge in [-0.15, -0.1) is 0 Å². The van der Waals surface area contributed by atoms with Gasteiger partial charge in [0.05, 0.1) is 24.1 Å². The maximum absolute atomic E-state index is 14.5. The Morgan fingerprint density at radius 3 is 2.38 bits per heavy atom. The lowest BCUT2D eigenvalue weighted by Crippen LogP contribution is -2.66. The molecule has 212 valence electrons. The second-order valence-corrected chi connectivity index (χ2v) is 15.4. The number of hydrogen-bond acceptors (Lipinski definition) is 6. The van der Waals surface area contributed by atoms with Crippen LogP contribution in [0.4, 0.5) is 0 Å². The van der Waals surface area contributed by atoms with Gasteiger partial charge in [-0.2, -0.15) is 0 Å². The molecule has 0 aromatic carbocycles. The van der Waals surface area contributed by atoms with Crippen molar-refractivity contribution < 1.29 is 23.6 Å². The van der Waals surface area contributed by atoms with Gasteiger partial charge in [-0.05, 0) is 105 Å². The van der Waals surface area contributed by atoms with Gasteiger partial charge < -0.3 is 9.26 Å². The fraction of sp³-hybridized carbons (Fsp3) is 0.758. The molecule has 8 atom stereocenters. The van der Waals surface area contributed by atoms with Crippen molar-refractivity contribution in [3.63, 3.8) is 0 Å². The Morgan fingerprint density at radius 1 is 1.03 bits per heavy atom. The number of nitrogens with zero attached hydrogens (tertiary/aromatic N) is 1. The molecule has 3 saturated carbocycles. The summed E-state index contributed by atoms with van der Waals surface area (Å²) in [5.41, 5.74) is 0.0511. The van der Waals surface area contributed by atoms with Crippen molar-refractivity contribution in [3.8, 4) is 0 Å². The third-order valence-electron chi connectivity index (χ3n) is 13.4. The van der Waals surface area contributed by atoms with Gasteiger partial charge in [0.2, 0.25) is 0 Å². The number of rotatable bonds is 2. The molecule has 5 aliphatic rings. The van der Waals surface area contributed by atoms with Gasteiger partial charge in [0.1, 0.15) is 5.78 Å². The van der Waals surface area contributed by atoms with E-state index in [2.05, 4.69) is 39.8 Å². The number of carbonyl (C=O) groups is 3. The van der Waals surface area contributed by atoms with Crippen molar-refractivity contribution in [1.82, 2.24) is 5.16 Å². The van der Waals surface area contributed by atoms with E-state index in [-0.39, 0.29) is 56.9 Å². The van der Waals surface area contributed by atoms with E-state index >= 15 is 0 Å². The van der Waals surface area contributed by atoms with E-state index in [9.17, 15) is 14.4 Å². The Kier molecular flexibility index (Phi) is 5.49. The summed E-state index contributed by atoms with van der Waals surface area (Å²) in [6.07, 6.45) is 10.5. The highest BCUT2D eigenvalue weighted by atomic mass is 16.5. The number of Topliss-reactive ketones (excluding diaryl/α,β-unsaturated/α-hetero) is 1. The zero-order valence-electron chi connectivity index (χ0n) is 25.0. The molecule has 6 nitrogen and oxygen atoms in total. The number of ketones is 2. The number of aromatic nitrogens is 1. The van der Waals surface area contributed by atoms with E-state index in [4.69, 9.17) is 9.26 Å². The molecule has 3 fully saturated rings. The lowest BCUT2D eigenvalue weighted by molar-refractivity contribution is -0.191. The smallest absolute Gasteiger partial charge is 0.312 e. The third kappa shape index (κ3) is 3.09. The summed E-state index contributed by atoms with van der Waals surface area (Å²) >= 11 is 0.